The van der Waals surface area contributed by atoms with Crippen molar-refractivity contribution in [1.82, 2.24) is 5.32 Å². The van der Waals surface area contributed by atoms with E-state index < -0.39 is 11.4 Å². The molecule has 2 aromatic rings. The molecule has 0 saturated carbocycles. The summed E-state index contributed by atoms with van der Waals surface area (Å²) in [5.41, 5.74) is 3.29. The molecule has 6 heteroatoms. The number of nitrogens with one attached hydrogen (secondary N) is 1. The van der Waals surface area contributed by atoms with Crippen LogP contribution in [0.5, 0.6) is 0 Å². The summed E-state index contributed by atoms with van der Waals surface area (Å²) < 4.78 is 26.7. The highest BCUT2D eigenvalue weighted by molar-refractivity contribution is 7.95. The summed E-state index contributed by atoms with van der Waals surface area (Å²) in [4.78, 5) is 12.4. The van der Waals surface area contributed by atoms with Crippen LogP contribution in [0.15, 0.2) is 54.5 Å². The van der Waals surface area contributed by atoms with E-state index in [0.717, 1.165) is 29.7 Å². The summed E-state index contributed by atoms with van der Waals surface area (Å²) in [5.74, 6) is -0.486. The molecule has 2 aromatic carbocycles. The Balaban J connectivity index is 1.71. The van der Waals surface area contributed by atoms with Gasteiger partial charge in [0.1, 0.15) is 11.2 Å². The van der Waals surface area contributed by atoms with Gasteiger partial charge in [0, 0.05) is 12.1 Å². The number of anilines is 1. The topological polar surface area (TPSA) is 55.4 Å². The standard InChI is InChI=1S/C19H19FN2O2S/c1-2-25(24)22-11-3-4-15-12-16(7-10-18(15)22)19(23)21-13-14-5-8-17(20)9-6-14/h2,5-10,12H,1,3-4,11,13H2,(H,21,23). The molecule has 0 bridgehead atoms. The molecule has 3 rings (SSSR count). The van der Waals surface area contributed by atoms with Crippen molar-refractivity contribution in [1.29, 1.82) is 0 Å². The van der Waals surface area contributed by atoms with Crippen molar-refractivity contribution in [3.63, 3.8) is 0 Å². The van der Waals surface area contributed by atoms with Gasteiger partial charge in [-0.25, -0.2) is 4.39 Å². The Hall–Kier alpha value is -2.31. The molecule has 25 heavy (non-hydrogen) atoms. The minimum Gasteiger partial charge on any atom is -0.588 e. The largest absolute Gasteiger partial charge is 0.588 e. The fourth-order valence-electron chi connectivity index (χ4n) is 2.87. The molecule has 1 aliphatic rings. The Morgan fingerprint density at radius 3 is 2.80 bits per heavy atom. The van der Waals surface area contributed by atoms with Crippen LogP contribution in [0, 0.1) is 5.82 Å². The van der Waals surface area contributed by atoms with Crippen molar-refractivity contribution >= 4 is 23.0 Å². The lowest BCUT2D eigenvalue weighted by molar-refractivity contribution is 0.0951. The summed E-state index contributed by atoms with van der Waals surface area (Å²) in [6, 6.07) is 11.4. The maximum absolute atomic E-state index is 12.9. The zero-order valence-corrected chi connectivity index (χ0v) is 14.5. The van der Waals surface area contributed by atoms with Crippen LogP contribution in [0.25, 0.3) is 0 Å². The van der Waals surface area contributed by atoms with E-state index >= 15 is 0 Å². The second kappa shape index (κ2) is 7.72. The summed E-state index contributed by atoms with van der Waals surface area (Å²) >= 11 is -1.26. The highest BCUT2D eigenvalue weighted by atomic mass is 32.2. The lowest BCUT2D eigenvalue weighted by Crippen LogP contribution is -2.34. The first-order valence-corrected chi connectivity index (χ1v) is 9.22. The number of halogens is 1. The average molecular weight is 358 g/mol. The van der Waals surface area contributed by atoms with Gasteiger partial charge in [-0.2, -0.15) is 4.31 Å². The maximum atomic E-state index is 12.9. The van der Waals surface area contributed by atoms with Crippen LogP contribution in [-0.4, -0.2) is 17.0 Å². The lowest BCUT2D eigenvalue weighted by atomic mass is 10.0. The summed E-state index contributed by atoms with van der Waals surface area (Å²) in [6.07, 6.45) is 1.73. The molecule has 1 amide bonds. The number of benzene rings is 2. The van der Waals surface area contributed by atoms with Gasteiger partial charge in [0.05, 0.1) is 23.6 Å². The summed E-state index contributed by atoms with van der Waals surface area (Å²) in [6.45, 7) is 4.63. The number of carbonyl (C=O) groups excluding carboxylic acids is 1. The third kappa shape index (κ3) is 4.03. The Kier molecular flexibility index (Phi) is 5.40. The van der Waals surface area contributed by atoms with Crippen LogP contribution in [0.1, 0.15) is 27.9 Å². The van der Waals surface area contributed by atoms with Gasteiger partial charge in [-0.1, -0.05) is 12.1 Å². The van der Waals surface area contributed by atoms with Crippen molar-refractivity contribution in [2.24, 2.45) is 0 Å². The molecule has 0 spiro atoms. The minimum absolute atomic E-state index is 0.186. The maximum Gasteiger partial charge on any atom is 0.251 e. The van der Waals surface area contributed by atoms with Crippen LogP contribution < -0.4 is 9.62 Å². The molecule has 1 N–H and O–H groups in total. The minimum atomic E-state index is -1.26. The van der Waals surface area contributed by atoms with Gasteiger partial charge in [0.25, 0.3) is 5.91 Å². The number of rotatable bonds is 5. The molecule has 0 radical (unpaired) electrons. The Labute approximate surface area is 149 Å². The van der Waals surface area contributed by atoms with E-state index in [2.05, 4.69) is 11.9 Å². The van der Waals surface area contributed by atoms with Crippen LogP contribution >= 0.6 is 0 Å². The number of nitrogens with zero attached hydrogens (tertiary/aromatic N) is 1. The summed E-state index contributed by atoms with van der Waals surface area (Å²) in [5, 5.41) is 4.25. The van der Waals surface area contributed by atoms with Gasteiger partial charge in [0.15, 0.2) is 0 Å². The highest BCUT2D eigenvalue weighted by Gasteiger charge is 2.25. The fourth-order valence-corrected chi connectivity index (χ4v) is 3.73. The van der Waals surface area contributed by atoms with Gasteiger partial charge in [-0.3, -0.25) is 4.79 Å². The lowest BCUT2D eigenvalue weighted by Gasteiger charge is -2.29. The van der Waals surface area contributed by atoms with Gasteiger partial charge in [0.2, 0.25) is 0 Å². The van der Waals surface area contributed by atoms with E-state index in [9.17, 15) is 13.7 Å². The molecule has 0 aliphatic carbocycles. The van der Waals surface area contributed by atoms with Crippen molar-refractivity contribution in [3.8, 4) is 0 Å². The first-order valence-electron chi connectivity index (χ1n) is 8.05. The van der Waals surface area contributed by atoms with Gasteiger partial charge in [-0.05, 0) is 60.9 Å². The number of fused-ring (bicyclic) bond motifs is 1. The Morgan fingerprint density at radius 1 is 1.32 bits per heavy atom. The first kappa shape index (κ1) is 17.5. The number of hydrogen-bond acceptors (Lipinski definition) is 3. The van der Waals surface area contributed by atoms with Crippen LogP contribution in [0.3, 0.4) is 0 Å². The quantitative estimate of drug-likeness (QED) is 0.834. The molecular weight excluding hydrogens is 339 g/mol. The predicted octanol–water partition coefficient (Wildman–Crippen LogP) is 3.32. The zero-order chi connectivity index (χ0) is 17.8. The number of amides is 1. The smallest absolute Gasteiger partial charge is 0.251 e. The van der Waals surface area contributed by atoms with Crippen molar-refractivity contribution in [2.45, 2.75) is 19.4 Å². The first-order chi connectivity index (χ1) is 12.1. The van der Waals surface area contributed by atoms with Gasteiger partial charge < -0.3 is 9.87 Å². The van der Waals surface area contributed by atoms with Gasteiger partial charge >= 0.3 is 0 Å². The van der Waals surface area contributed by atoms with Crippen molar-refractivity contribution < 1.29 is 13.7 Å². The summed E-state index contributed by atoms with van der Waals surface area (Å²) in [7, 11) is 0. The Morgan fingerprint density at radius 2 is 2.08 bits per heavy atom. The molecule has 0 fully saturated rings. The third-order valence-electron chi connectivity index (χ3n) is 4.14. The van der Waals surface area contributed by atoms with E-state index in [1.807, 2.05) is 12.1 Å². The number of hydrogen-bond donors (Lipinski definition) is 1. The zero-order valence-electron chi connectivity index (χ0n) is 13.7. The second-order valence-electron chi connectivity index (χ2n) is 5.80. The third-order valence-corrected chi connectivity index (χ3v) is 5.24. The van der Waals surface area contributed by atoms with E-state index in [4.69, 9.17) is 0 Å². The van der Waals surface area contributed by atoms with Crippen LogP contribution in [0.2, 0.25) is 0 Å². The van der Waals surface area contributed by atoms with Crippen LogP contribution in [0.4, 0.5) is 10.1 Å². The highest BCUT2D eigenvalue weighted by Crippen LogP contribution is 2.30. The molecular formula is C19H19FN2O2S. The molecule has 0 saturated heterocycles. The average Bonchev–Trinajstić information content (AvgIpc) is 2.65. The fraction of sp³-hybridized carbons (Fsp3) is 0.211. The number of aryl methyl sites for hydroxylation is 1. The van der Waals surface area contributed by atoms with Gasteiger partial charge in [-0.15, -0.1) is 0 Å². The van der Waals surface area contributed by atoms with E-state index in [0.29, 0.717) is 18.7 Å². The predicted molar refractivity (Wildman–Crippen MR) is 98.0 cm³/mol. The number of carbonyl (C=O) groups is 1. The van der Waals surface area contributed by atoms with Crippen molar-refractivity contribution in [3.05, 3.63) is 77.0 Å². The molecule has 1 aliphatic heterocycles. The Bertz CT molecular complexity index is 779. The molecule has 4 nitrogen and oxygen atoms in total. The molecule has 130 valence electrons. The van der Waals surface area contributed by atoms with E-state index in [-0.39, 0.29) is 11.7 Å². The molecule has 1 heterocycles. The molecule has 0 aromatic heterocycles. The van der Waals surface area contributed by atoms with Crippen molar-refractivity contribution in [2.75, 3.05) is 10.8 Å². The monoisotopic (exact) mass is 358 g/mol. The van der Waals surface area contributed by atoms with Crippen LogP contribution in [-0.2, 0) is 24.3 Å². The second-order valence-corrected chi connectivity index (χ2v) is 7.13. The molecule has 1 unspecified atom stereocenters. The SMILES string of the molecule is C=C[S+]([O-])N1CCCc2cc(C(=O)NCc3ccc(F)cc3)ccc21. The molecule has 1 atom stereocenters. The van der Waals surface area contributed by atoms with E-state index in [1.54, 1.807) is 22.5 Å². The van der Waals surface area contributed by atoms with E-state index in [1.165, 1.54) is 17.5 Å². The normalized spacial score (nSPS) is 14.6.